The van der Waals surface area contributed by atoms with Crippen molar-refractivity contribution in [1.29, 1.82) is 0 Å². The van der Waals surface area contributed by atoms with Crippen LogP contribution in [-0.2, 0) is 11.8 Å². The van der Waals surface area contributed by atoms with Crippen molar-refractivity contribution in [1.82, 2.24) is 14.7 Å². The smallest absolute Gasteiger partial charge is 0.317 e. The lowest BCUT2D eigenvalue weighted by Crippen LogP contribution is -2.34. The van der Waals surface area contributed by atoms with Crippen molar-refractivity contribution < 1.29 is 9.90 Å². The third-order valence-corrected chi connectivity index (χ3v) is 3.33. The summed E-state index contributed by atoms with van der Waals surface area (Å²) >= 11 is 0. The Morgan fingerprint density at radius 1 is 1.71 bits per heavy atom. The van der Waals surface area contributed by atoms with Gasteiger partial charge in [0.15, 0.2) is 0 Å². The first-order chi connectivity index (χ1) is 7.99. The molecule has 1 heterocycles. The molecule has 2 rings (SSSR count). The Hall–Kier alpha value is -1.36. The monoisotopic (exact) mass is 237 g/mol. The van der Waals surface area contributed by atoms with Crippen LogP contribution in [0.1, 0.15) is 37.1 Å². The van der Waals surface area contributed by atoms with Gasteiger partial charge in [0.1, 0.15) is 0 Å². The first-order valence-electron chi connectivity index (χ1n) is 5.96. The van der Waals surface area contributed by atoms with Crippen molar-refractivity contribution in [3.8, 4) is 0 Å². The predicted octanol–water partition coefficient (Wildman–Crippen LogP) is 1.34. The van der Waals surface area contributed by atoms with Crippen molar-refractivity contribution in [3.63, 3.8) is 0 Å². The molecule has 0 amide bonds. The van der Waals surface area contributed by atoms with E-state index >= 15 is 0 Å². The number of aryl methyl sites for hydroxylation is 2. The number of rotatable bonds is 5. The van der Waals surface area contributed by atoms with E-state index in [-0.39, 0.29) is 12.6 Å². The third-order valence-electron chi connectivity index (χ3n) is 3.33. The van der Waals surface area contributed by atoms with Gasteiger partial charge in [-0.3, -0.25) is 14.4 Å². The minimum Gasteiger partial charge on any atom is -0.480 e. The number of carbonyl (C=O) groups is 1. The van der Waals surface area contributed by atoms with Gasteiger partial charge in [-0.1, -0.05) is 0 Å². The van der Waals surface area contributed by atoms with Gasteiger partial charge < -0.3 is 5.11 Å². The maximum absolute atomic E-state index is 10.9. The van der Waals surface area contributed by atoms with Crippen LogP contribution >= 0.6 is 0 Å². The fourth-order valence-electron chi connectivity index (χ4n) is 2.35. The highest BCUT2D eigenvalue weighted by molar-refractivity contribution is 5.69. The summed E-state index contributed by atoms with van der Waals surface area (Å²) in [4.78, 5) is 13.0. The molecule has 5 heteroatoms. The van der Waals surface area contributed by atoms with Crippen molar-refractivity contribution in [2.45, 2.75) is 38.8 Å². The van der Waals surface area contributed by atoms with Crippen molar-refractivity contribution in [3.05, 3.63) is 17.5 Å². The molecular weight excluding hydrogens is 218 g/mol. The third kappa shape index (κ3) is 2.66. The fraction of sp³-hybridized carbons (Fsp3) is 0.667. The summed E-state index contributed by atoms with van der Waals surface area (Å²) in [6.07, 6.45) is 4.20. The Labute approximate surface area is 101 Å². The van der Waals surface area contributed by atoms with Gasteiger partial charge in [0, 0.05) is 30.9 Å². The summed E-state index contributed by atoms with van der Waals surface area (Å²) in [6, 6.07) is 0.549. The van der Waals surface area contributed by atoms with Crippen LogP contribution in [0.2, 0.25) is 0 Å². The van der Waals surface area contributed by atoms with Crippen LogP contribution in [0.4, 0.5) is 0 Å². The zero-order chi connectivity index (χ0) is 12.6. The second-order valence-corrected chi connectivity index (χ2v) is 4.82. The first kappa shape index (κ1) is 12.1. The lowest BCUT2D eigenvalue weighted by atomic mass is 10.1. The second kappa shape index (κ2) is 4.49. The van der Waals surface area contributed by atoms with E-state index in [1.54, 1.807) is 4.68 Å². The highest BCUT2D eigenvalue weighted by atomic mass is 16.4. The van der Waals surface area contributed by atoms with Gasteiger partial charge in [-0.15, -0.1) is 0 Å². The largest absolute Gasteiger partial charge is 0.480 e. The Morgan fingerprint density at radius 3 is 2.76 bits per heavy atom. The average molecular weight is 237 g/mol. The van der Waals surface area contributed by atoms with E-state index in [1.165, 1.54) is 0 Å². The minimum absolute atomic E-state index is 0.111. The number of hydrogen-bond donors (Lipinski definition) is 1. The molecule has 1 fully saturated rings. The highest BCUT2D eigenvalue weighted by Gasteiger charge is 2.34. The average Bonchev–Trinajstić information content (AvgIpc) is 3.00. The molecule has 0 spiro atoms. The molecule has 1 aliphatic carbocycles. The number of aromatic nitrogens is 2. The van der Waals surface area contributed by atoms with E-state index in [9.17, 15) is 4.79 Å². The van der Waals surface area contributed by atoms with Gasteiger partial charge in [-0.2, -0.15) is 5.10 Å². The van der Waals surface area contributed by atoms with Gasteiger partial charge >= 0.3 is 5.97 Å². The molecule has 0 aromatic carbocycles. The van der Waals surface area contributed by atoms with Crippen LogP contribution in [-0.4, -0.2) is 38.3 Å². The zero-order valence-electron chi connectivity index (χ0n) is 10.6. The van der Waals surface area contributed by atoms with Crippen LogP contribution in [0.3, 0.4) is 0 Å². The standard InChI is InChI=1S/C12H19N3O2/c1-8-11(6-14(3)13-8)9(2)15(7-12(16)17)10-4-5-10/h6,9-10H,4-5,7H2,1-3H3,(H,16,17). The van der Waals surface area contributed by atoms with Crippen LogP contribution in [0, 0.1) is 6.92 Å². The van der Waals surface area contributed by atoms with Gasteiger partial charge in [0.25, 0.3) is 0 Å². The second-order valence-electron chi connectivity index (χ2n) is 4.82. The molecule has 1 aromatic rings. The molecule has 0 aliphatic heterocycles. The van der Waals surface area contributed by atoms with Gasteiger partial charge in [0.05, 0.1) is 12.2 Å². The Kier molecular flexibility index (Phi) is 3.19. The summed E-state index contributed by atoms with van der Waals surface area (Å²) in [5.74, 6) is -0.759. The SMILES string of the molecule is Cc1nn(C)cc1C(C)N(CC(=O)O)C1CC1. The Balaban J connectivity index is 2.18. The van der Waals surface area contributed by atoms with E-state index in [0.29, 0.717) is 6.04 Å². The lowest BCUT2D eigenvalue weighted by Gasteiger charge is -2.27. The number of carboxylic acids is 1. The molecule has 1 unspecified atom stereocenters. The minimum atomic E-state index is -0.759. The van der Waals surface area contributed by atoms with Crippen LogP contribution in [0.15, 0.2) is 6.20 Å². The highest BCUT2D eigenvalue weighted by Crippen LogP contribution is 2.34. The molecule has 1 atom stereocenters. The summed E-state index contributed by atoms with van der Waals surface area (Å²) in [7, 11) is 1.89. The molecule has 0 radical (unpaired) electrons. The zero-order valence-corrected chi connectivity index (χ0v) is 10.6. The first-order valence-corrected chi connectivity index (χ1v) is 5.96. The van der Waals surface area contributed by atoms with E-state index in [4.69, 9.17) is 5.11 Å². The normalized spacial score (nSPS) is 17.4. The Bertz CT molecular complexity index is 423. The molecule has 94 valence electrons. The van der Waals surface area contributed by atoms with Crippen LogP contribution < -0.4 is 0 Å². The lowest BCUT2D eigenvalue weighted by molar-refractivity contribution is -0.139. The summed E-state index contributed by atoms with van der Waals surface area (Å²) in [5, 5.41) is 13.3. The van der Waals surface area contributed by atoms with Crippen LogP contribution in [0.5, 0.6) is 0 Å². The molecule has 1 aliphatic rings. The van der Waals surface area contributed by atoms with Crippen molar-refractivity contribution >= 4 is 5.97 Å². The maximum Gasteiger partial charge on any atom is 0.317 e. The number of aliphatic carboxylic acids is 1. The van der Waals surface area contributed by atoms with E-state index < -0.39 is 5.97 Å². The van der Waals surface area contributed by atoms with Crippen molar-refractivity contribution in [2.24, 2.45) is 7.05 Å². The number of carboxylic acid groups (broad SMARTS) is 1. The summed E-state index contributed by atoms with van der Waals surface area (Å²) in [5.41, 5.74) is 2.11. The molecule has 0 saturated heterocycles. The van der Waals surface area contributed by atoms with Gasteiger partial charge in [-0.05, 0) is 26.7 Å². The van der Waals surface area contributed by atoms with Crippen LogP contribution in [0.25, 0.3) is 0 Å². The molecular formula is C12H19N3O2. The molecule has 1 saturated carbocycles. The van der Waals surface area contributed by atoms with Gasteiger partial charge in [0.2, 0.25) is 0 Å². The van der Waals surface area contributed by atoms with E-state index in [0.717, 1.165) is 24.1 Å². The molecule has 1 N–H and O–H groups in total. The maximum atomic E-state index is 10.9. The molecule has 17 heavy (non-hydrogen) atoms. The number of hydrogen-bond acceptors (Lipinski definition) is 3. The molecule has 0 bridgehead atoms. The van der Waals surface area contributed by atoms with E-state index in [2.05, 4.69) is 16.9 Å². The van der Waals surface area contributed by atoms with Crippen molar-refractivity contribution in [2.75, 3.05) is 6.54 Å². The summed E-state index contributed by atoms with van der Waals surface area (Å²) < 4.78 is 1.78. The topological polar surface area (TPSA) is 58.4 Å². The molecule has 1 aromatic heterocycles. The Morgan fingerprint density at radius 2 is 2.35 bits per heavy atom. The quantitative estimate of drug-likeness (QED) is 0.839. The fourth-order valence-corrected chi connectivity index (χ4v) is 2.35. The molecule has 5 nitrogen and oxygen atoms in total. The predicted molar refractivity (Wildman–Crippen MR) is 63.7 cm³/mol. The number of nitrogens with zero attached hydrogens (tertiary/aromatic N) is 3. The van der Waals surface area contributed by atoms with E-state index in [1.807, 2.05) is 20.2 Å². The van der Waals surface area contributed by atoms with Gasteiger partial charge in [-0.25, -0.2) is 0 Å². The summed E-state index contributed by atoms with van der Waals surface area (Å²) in [6.45, 7) is 4.14.